The summed E-state index contributed by atoms with van der Waals surface area (Å²) in [6.07, 6.45) is 7.67. The fourth-order valence-corrected chi connectivity index (χ4v) is 2.79. The van der Waals surface area contributed by atoms with E-state index in [1.807, 2.05) is 0 Å². The number of fused-ring (bicyclic) bond motifs is 1. The molecule has 0 unspecified atom stereocenters. The van der Waals surface area contributed by atoms with E-state index in [2.05, 4.69) is 20.7 Å². The highest BCUT2D eigenvalue weighted by Crippen LogP contribution is 2.17. The second-order valence-electron chi connectivity index (χ2n) is 5.41. The van der Waals surface area contributed by atoms with Crippen molar-refractivity contribution in [2.24, 2.45) is 7.05 Å². The molecule has 0 amide bonds. The summed E-state index contributed by atoms with van der Waals surface area (Å²) in [5.41, 5.74) is 0.430. The van der Waals surface area contributed by atoms with Crippen LogP contribution in [0.2, 0.25) is 0 Å². The van der Waals surface area contributed by atoms with Crippen LogP contribution in [0.3, 0.4) is 0 Å². The van der Waals surface area contributed by atoms with Gasteiger partial charge in [-0.1, -0.05) is 18.1 Å². The number of aromatic nitrogens is 5. The van der Waals surface area contributed by atoms with Crippen molar-refractivity contribution in [2.45, 2.75) is 44.7 Å². The van der Waals surface area contributed by atoms with Crippen LogP contribution in [0.15, 0.2) is 11.0 Å². The Balaban J connectivity index is 1.60. The van der Waals surface area contributed by atoms with E-state index in [1.54, 1.807) is 17.9 Å². The van der Waals surface area contributed by atoms with E-state index in [0.29, 0.717) is 23.6 Å². The van der Waals surface area contributed by atoms with Crippen molar-refractivity contribution in [3.8, 4) is 0 Å². The maximum atomic E-state index is 12.2. The zero-order valence-corrected chi connectivity index (χ0v) is 11.7. The van der Waals surface area contributed by atoms with E-state index in [4.69, 9.17) is 0 Å². The summed E-state index contributed by atoms with van der Waals surface area (Å²) in [7, 11) is 1.76. The van der Waals surface area contributed by atoms with Crippen molar-refractivity contribution >= 4 is 11.0 Å². The molecule has 1 aliphatic carbocycles. The molecule has 1 fully saturated rings. The molecule has 0 atom stereocenters. The Morgan fingerprint density at radius 1 is 1.40 bits per heavy atom. The number of rotatable bonds is 5. The van der Waals surface area contributed by atoms with Crippen molar-refractivity contribution < 1.29 is 0 Å². The first-order chi connectivity index (χ1) is 9.75. The molecule has 0 bridgehead atoms. The Morgan fingerprint density at radius 2 is 2.20 bits per heavy atom. The van der Waals surface area contributed by atoms with Gasteiger partial charge in [0.25, 0.3) is 5.56 Å². The second kappa shape index (κ2) is 5.70. The van der Waals surface area contributed by atoms with Crippen LogP contribution in [0, 0.1) is 0 Å². The maximum Gasteiger partial charge on any atom is 0.280 e. The molecule has 0 saturated heterocycles. The van der Waals surface area contributed by atoms with Crippen LogP contribution in [0.5, 0.6) is 0 Å². The Bertz CT molecular complexity index is 640. The topological polar surface area (TPSA) is 77.6 Å². The summed E-state index contributed by atoms with van der Waals surface area (Å²) in [5.74, 6) is 0. The summed E-state index contributed by atoms with van der Waals surface area (Å²) in [6, 6.07) is 0.665. The smallest absolute Gasteiger partial charge is 0.280 e. The normalized spacial score (nSPS) is 16.2. The van der Waals surface area contributed by atoms with E-state index in [1.165, 1.54) is 30.4 Å². The van der Waals surface area contributed by atoms with Gasteiger partial charge in [-0.15, -0.1) is 5.10 Å². The lowest BCUT2D eigenvalue weighted by Crippen LogP contribution is -2.30. The largest absolute Gasteiger partial charge is 0.314 e. The highest BCUT2D eigenvalue weighted by Gasteiger charge is 2.13. The van der Waals surface area contributed by atoms with Gasteiger partial charge in [0.2, 0.25) is 0 Å². The minimum Gasteiger partial charge on any atom is -0.314 e. The molecule has 1 N–H and O–H groups in total. The fraction of sp³-hybridized carbons (Fsp3) is 0.692. The highest BCUT2D eigenvalue weighted by atomic mass is 16.1. The lowest BCUT2D eigenvalue weighted by atomic mass is 10.2. The molecule has 1 saturated carbocycles. The molecule has 2 heterocycles. The summed E-state index contributed by atoms with van der Waals surface area (Å²) in [5, 5.41) is 16.1. The second-order valence-corrected chi connectivity index (χ2v) is 5.41. The molecule has 0 aliphatic heterocycles. The first-order valence-electron chi connectivity index (χ1n) is 7.24. The van der Waals surface area contributed by atoms with E-state index in [9.17, 15) is 4.79 Å². The molecule has 2 aromatic heterocycles. The van der Waals surface area contributed by atoms with E-state index in [-0.39, 0.29) is 5.56 Å². The van der Waals surface area contributed by atoms with Gasteiger partial charge in [-0.05, 0) is 25.8 Å². The summed E-state index contributed by atoms with van der Waals surface area (Å²) in [6.45, 7) is 1.51. The number of nitrogens with one attached hydrogen (secondary N) is 1. The zero-order chi connectivity index (χ0) is 13.9. The van der Waals surface area contributed by atoms with Gasteiger partial charge in [0.15, 0.2) is 5.65 Å². The lowest BCUT2D eigenvalue weighted by molar-refractivity contribution is 0.466. The Labute approximate surface area is 117 Å². The van der Waals surface area contributed by atoms with Crippen LogP contribution in [-0.2, 0) is 13.6 Å². The van der Waals surface area contributed by atoms with Crippen molar-refractivity contribution in [3.63, 3.8) is 0 Å². The molecular weight excluding hydrogens is 256 g/mol. The van der Waals surface area contributed by atoms with E-state index < -0.39 is 0 Å². The van der Waals surface area contributed by atoms with Crippen LogP contribution < -0.4 is 10.9 Å². The monoisotopic (exact) mass is 276 g/mol. The molecule has 0 aromatic carbocycles. The van der Waals surface area contributed by atoms with Gasteiger partial charge in [0, 0.05) is 19.6 Å². The average Bonchev–Trinajstić information content (AvgIpc) is 3.08. The van der Waals surface area contributed by atoms with E-state index >= 15 is 0 Å². The zero-order valence-electron chi connectivity index (χ0n) is 11.7. The lowest BCUT2D eigenvalue weighted by Gasteiger charge is -2.11. The minimum atomic E-state index is -0.107. The molecule has 7 heteroatoms. The first kappa shape index (κ1) is 13.2. The van der Waals surface area contributed by atoms with Crippen LogP contribution in [-0.4, -0.2) is 37.4 Å². The summed E-state index contributed by atoms with van der Waals surface area (Å²) in [4.78, 5) is 12.2. The highest BCUT2D eigenvalue weighted by molar-refractivity contribution is 5.72. The molecule has 20 heavy (non-hydrogen) atoms. The van der Waals surface area contributed by atoms with Crippen LogP contribution >= 0.6 is 0 Å². The van der Waals surface area contributed by atoms with Gasteiger partial charge in [-0.3, -0.25) is 4.79 Å². The quantitative estimate of drug-likeness (QED) is 0.802. The van der Waals surface area contributed by atoms with Crippen molar-refractivity contribution in [1.29, 1.82) is 0 Å². The third kappa shape index (κ3) is 2.58. The molecule has 108 valence electrons. The van der Waals surface area contributed by atoms with Gasteiger partial charge in [0.05, 0.1) is 6.20 Å². The average molecular weight is 276 g/mol. The standard InChI is InChI=1S/C13H20N6O/c1-18-12-11(9-15-18)13(20)19(17-16-12)8-4-7-14-10-5-2-3-6-10/h9-10,14H,2-8H2,1H3. The molecular formula is C13H20N6O. The van der Waals surface area contributed by atoms with Gasteiger partial charge >= 0.3 is 0 Å². The van der Waals surface area contributed by atoms with Crippen molar-refractivity contribution in [1.82, 2.24) is 30.1 Å². The van der Waals surface area contributed by atoms with Gasteiger partial charge in [0.1, 0.15) is 5.39 Å². The van der Waals surface area contributed by atoms with Crippen LogP contribution in [0.1, 0.15) is 32.1 Å². The molecule has 3 rings (SSSR count). The summed E-state index contributed by atoms with van der Waals surface area (Å²) < 4.78 is 3.00. The summed E-state index contributed by atoms with van der Waals surface area (Å²) >= 11 is 0. The first-order valence-corrected chi connectivity index (χ1v) is 7.24. The molecule has 0 radical (unpaired) electrons. The maximum absolute atomic E-state index is 12.2. The Hall–Kier alpha value is -1.76. The van der Waals surface area contributed by atoms with Crippen LogP contribution in [0.4, 0.5) is 0 Å². The molecule has 2 aromatic rings. The van der Waals surface area contributed by atoms with Crippen molar-refractivity contribution in [3.05, 3.63) is 16.6 Å². The molecule has 1 aliphatic rings. The van der Waals surface area contributed by atoms with Crippen LogP contribution in [0.25, 0.3) is 11.0 Å². The molecule has 0 spiro atoms. The number of hydrogen-bond acceptors (Lipinski definition) is 5. The third-order valence-corrected chi connectivity index (χ3v) is 3.95. The third-order valence-electron chi connectivity index (χ3n) is 3.95. The predicted octanol–water partition coefficient (Wildman–Crippen LogP) is 0.447. The Kier molecular flexibility index (Phi) is 3.77. The Morgan fingerprint density at radius 3 is 3.00 bits per heavy atom. The molecule has 7 nitrogen and oxygen atoms in total. The fourth-order valence-electron chi connectivity index (χ4n) is 2.79. The number of nitrogens with zero attached hydrogens (tertiary/aromatic N) is 5. The SMILES string of the molecule is Cn1ncc2c(=O)n(CCCNC3CCCC3)nnc21. The van der Waals surface area contributed by atoms with Gasteiger partial charge in [-0.2, -0.15) is 5.10 Å². The van der Waals surface area contributed by atoms with E-state index in [0.717, 1.165) is 13.0 Å². The van der Waals surface area contributed by atoms with Gasteiger partial charge < -0.3 is 5.32 Å². The van der Waals surface area contributed by atoms with Crippen molar-refractivity contribution in [2.75, 3.05) is 6.54 Å². The predicted molar refractivity (Wildman–Crippen MR) is 75.4 cm³/mol. The minimum absolute atomic E-state index is 0.107. The number of hydrogen-bond donors (Lipinski definition) is 1. The van der Waals surface area contributed by atoms with Gasteiger partial charge in [-0.25, -0.2) is 9.36 Å². The number of aryl methyl sites for hydroxylation is 2.